The number of hydrogen-bond acceptors (Lipinski definition) is 5. The van der Waals surface area contributed by atoms with Crippen LogP contribution in [0.5, 0.6) is 5.75 Å². The topological polar surface area (TPSA) is 78.9 Å². The smallest absolute Gasteiger partial charge is 0.304 e. The van der Waals surface area contributed by atoms with Crippen molar-refractivity contribution in [1.29, 1.82) is 0 Å². The lowest BCUT2D eigenvalue weighted by molar-refractivity contribution is -0.137. The van der Waals surface area contributed by atoms with Gasteiger partial charge in [-0.15, -0.1) is 17.3 Å². The Bertz CT molecular complexity index is 1240. The number of carboxylic acids is 1. The van der Waals surface area contributed by atoms with Gasteiger partial charge in [0.25, 0.3) is 0 Å². The molecule has 6 nitrogen and oxygen atoms in total. The molecule has 0 aliphatic carbocycles. The van der Waals surface area contributed by atoms with E-state index >= 15 is 0 Å². The molecule has 0 fully saturated rings. The Balaban J connectivity index is 1.33. The fourth-order valence-electron chi connectivity index (χ4n) is 4.30. The highest BCUT2D eigenvalue weighted by Gasteiger charge is 2.19. The number of nitrogens with one attached hydrogen (secondary N) is 1. The highest BCUT2D eigenvalue weighted by Crippen LogP contribution is 2.32. The summed E-state index contributed by atoms with van der Waals surface area (Å²) < 4.78 is 5.99. The molecule has 2 N–H and O–H groups in total. The second kappa shape index (κ2) is 11.7. The first-order chi connectivity index (χ1) is 17.0. The number of benzene rings is 2. The van der Waals surface area contributed by atoms with Gasteiger partial charge in [-0.1, -0.05) is 42.3 Å². The lowest BCUT2D eigenvalue weighted by Crippen LogP contribution is -2.29. The summed E-state index contributed by atoms with van der Waals surface area (Å²) in [5.41, 5.74) is 4.50. The minimum Gasteiger partial charge on any atom is -0.489 e. The second-order valence-corrected chi connectivity index (χ2v) is 9.64. The predicted octanol–water partition coefficient (Wildman–Crippen LogP) is 5.04. The molecule has 0 spiro atoms. The Morgan fingerprint density at radius 1 is 1.23 bits per heavy atom. The van der Waals surface area contributed by atoms with Crippen molar-refractivity contribution in [3.8, 4) is 17.6 Å². The predicted molar refractivity (Wildman–Crippen MR) is 137 cm³/mol. The molecule has 1 atom stereocenters. The van der Waals surface area contributed by atoms with Crippen molar-refractivity contribution in [2.45, 2.75) is 45.4 Å². The third-order valence-corrected chi connectivity index (χ3v) is 7.10. The number of fused-ring (bicyclic) bond motifs is 1. The maximum Gasteiger partial charge on any atom is 0.304 e. The lowest BCUT2D eigenvalue weighted by atomic mass is 9.96. The van der Waals surface area contributed by atoms with Crippen molar-refractivity contribution in [1.82, 2.24) is 4.90 Å². The lowest BCUT2D eigenvalue weighted by Gasteiger charge is -2.26. The zero-order valence-corrected chi connectivity index (χ0v) is 20.4. The fourth-order valence-corrected chi connectivity index (χ4v) is 5.32. The van der Waals surface area contributed by atoms with Gasteiger partial charge in [0.05, 0.1) is 17.3 Å². The first-order valence-electron chi connectivity index (χ1n) is 11.5. The maximum atomic E-state index is 11.1. The van der Waals surface area contributed by atoms with Crippen LogP contribution >= 0.6 is 11.3 Å². The molecule has 1 aromatic heterocycles. The number of carboxylic acid groups (broad SMARTS) is 1. The third kappa shape index (κ3) is 6.72. The molecular formula is C28H28N2O4S. The molecule has 2 heterocycles. The van der Waals surface area contributed by atoms with E-state index < -0.39 is 5.97 Å². The third-order valence-electron chi connectivity index (χ3n) is 5.93. The van der Waals surface area contributed by atoms with Crippen molar-refractivity contribution in [2.24, 2.45) is 0 Å². The van der Waals surface area contributed by atoms with Crippen LogP contribution in [-0.2, 0) is 35.7 Å². The van der Waals surface area contributed by atoms with Crippen LogP contribution in [0.2, 0.25) is 0 Å². The van der Waals surface area contributed by atoms with Gasteiger partial charge in [-0.3, -0.25) is 14.5 Å². The van der Waals surface area contributed by atoms with E-state index in [9.17, 15) is 9.59 Å². The average Bonchev–Trinajstić information content (AvgIpc) is 3.25. The number of carbonyl (C=O) groups excluding carboxylic acids is 1. The number of ether oxygens (including phenoxy) is 1. The average molecular weight is 489 g/mol. The number of thiophene rings is 1. The summed E-state index contributed by atoms with van der Waals surface area (Å²) in [7, 11) is 0. The van der Waals surface area contributed by atoms with Crippen LogP contribution < -0.4 is 10.1 Å². The van der Waals surface area contributed by atoms with Crippen molar-refractivity contribution >= 4 is 28.7 Å². The van der Waals surface area contributed by atoms with Crippen LogP contribution in [0, 0.1) is 11.8 Å². The highest BCUT2D eigenvalue weighted by atomic mass is 32.1. The number of anilines is 1. The van der Waals surface area contributed by atoms with Crippen LogP contribution in [0.3, 0.4) is 0 Å². The summed E-state index contributed by atoms with van der Waals surface area (Å²) in [6.45, 7) is 4.90. The number of rotatable bonds is 10. The summed E-state index contributed by atoms with van der Waals surface area (Å²) in [4.78, 5) is 25.6. The molecule has 0 bridgehead atoms. The monoisotopic (exact) mass is 488 g/mol. The molecule has 0 radical (unpaired) electrons. The minimum atomic E-state index is -0.863. The van der Waals surface area contributed by atoms with Gasteiger partial charge in [-0.25, -0.2) is 0 Å². The second-order valence-electron chi connectivity index (χ2n) is 8.50. The minimum absolute atomic E-state index is 0.0185. The number of aliphatic carboxylic acids is 1. The van der Waals surface area contributed by atoms with Gasteiger partial charge in [-0.2, -0.15) is 0 Å². The van der Waals surface area contributed by atoms with Crippen LogP contribution in [0.25, 0.3) is 0 Å². The molecule has 0 saturated carbocycles. The van der Waals surface area contributed by atoms with Gasteiger partial charge in [0, 0.05) is 24.5 Å². The van der Waals surface area contributed by atoms with Crippen molar-refractivity contribution in [3.63, 3.8) is 0 Å². The Morgan fingerprint density at radius 2 is 2.03 bits per heavy atom. The summed E-state index contributed by atoms with van der Waals surface area (Å²) >= 11 is 1.66. The Kier molecular flexibility index (Phi) is 8.19. The maximum absolute atomic E-state index is 11.1. The molecule has 3 aromatic rings. The Labute approximate surface area is 209 Å². The number of amides is 1. The summed E-state index contributed by atoms with van der Waals surface area (Å²) in [6.07, 6.45) is 1.71. The summed E-state index contributed by atoms with van der Waals surface area (Å²) in [5.74, 6) is 5.33. The molecule has 4 rings (SSSR count). The summed E-state index contributed by atoms with van der Waals surface area (Å²) in [5, 5.41) is 12.8. The van der Waals surface area contributed by atoms with E-state index in [0.717, 1.165) is 54.3 Å². The Hall–Kier alpha value is -3.60. The molecule has 0 saturated heterocycles. The van der Waals surface area contributed by atoms with Crippen molar-refractivity contribution in [3.05, 3.63) is 81.7 Å². The van der Waals surface area contributed by atoms with Crippen LogP contribution in [0.15, 0.2) is 54.6 Å². The number of carbonyl (C=O) groups is 2. The van der Waals surface area contributed by atoms with Gasteiger partial charge >= 0.3 is 5.97 Å². The van der Waals surface area contributed by atoms with Gasteiger partial charge < -0.3 is 15.2 Å². The SMILES string of the molecule is CC#C[C@@H](CC(=O)O)c1ccc(OCc2cccc(CN3CCc4sc(NC=O)cc4C3)c2)cc1. The molecule has 0 unspecified atom stereocenters. The standard InChI is InChI=1S/C28H28N2O4S/c1-2-4-23(15-28(32)33)22-7-9-25(10-8-22)34-18-21-6-3-5-20(13-21)16-30-12-11-26-24(17-30)14-27(35-26)29-19-31/h3,5-10,13-14,19,23H,11-12,15-18H2,1H3,(H,29,31)(H,32,33)/t23-/m0/s1. The molecule has 1 aliphatic heterocycles. The van der Waals surface area contributed by atoms with E-state index in [2.05, 4.69) is 52.4 Å². The van der Waals surface area contributed by atoms with Gasteiger partial charge in [0.1, 0.15) is 12.4 Å². The van der Waals surface area contributed by atoms with Gasteiger partial charge in [0.2, 0.25) is 6.41 Å². The molecular weight excluding hydrogens is 460 g/mol. The van der Waals surface area contributed by atoms with E-state index in [1.54, 1.807) is 18.3 Å². The van der Waals surface area contributed by atoms with Gasteiger partial charge in [0.15, 0.2) is 0 Å². The molecule has 2 aromatic carbocycles. The van der Waals surface area contributed by atoms with E-state index in [0.29, 0.717) is 6.61 Å². The largest absolute Gasteiger partial charge is 0.489 e. The normalized spacial score (nSPS) is 13.7. The van der Waals surface area contributed by atoms with Crippen LogP contribution in [-0.4, -0.2) is 28.9 Å². The first-order valence-corrected chi connectivity index (χ1v) is 12.3. The number of hydrogen-bond donors (Lipinski definition) is 2. The zero-order valence-electron chi connectivity index (χ0n) is 19.6. The fraction of sp³-hybridized carbons (Fsp3) is 0.286. The van der Waals surface area contributed by atoms with E-state index in [-0.39, 0.29) is 12.3 Å². The molecule has 35 heavy (non-hydrogen) atoms. The molecule has 1 aliphatic rings. The van der Waals surface area contributed by atoms with Gasteiger partial charge in [-0.05, 0) is 53.8 Å². The number of nitrogens with zero attached hydrogens (tertiary/aromatic N) is 1. The Morgan fingerprint density at radius 3 is 2.77 bits per heavy atom. The van der Waals surface area contributed by atoms with Crippen LogP contribution in [0.4, 0.5) is 5.00 Å². The first kappa shape index (κ1) is 24.5. The molecule has 1 amide bonds. The zero-order chi connectivity index (χ0) is 24.6. The summed E-state index contributed by atoms with van der Waals surface area (Å²) in [6, 6.07) is 18.0. The molecule has 180 valence electrons. The molecule has 7 heteroatoms. The van der Waals surface area contributed by atoms with Crippen LogP contribution in [0.1, 0.15) is 46.4 Å². The van der Waals surface area contributed by atoms with E-state index in [1.807, 2.05) is 24.3 Å². The quantitative estimate of drug-likeness (QED) is 0.309. The van der Waals surface area contributed by atoms with Crippen molar-refractivity contribution in [2.75, 3.05) is 11.9 Å². The van der Waals surface area contributed by atoms with E-state index in [4.69, 9.17) is 9.84 Å². The highest BCUT2D eigenvalue weighted by molar-refractivity contribution is 7.16. The van der Waals surface area contributed by atoms with E-state index in [1.165, 1.54) is 16.0 Å². The van der Waals surface area contributed by atoms with Crippen molar-refractivity contribution < 1.29 is 19.4 Å².